The fourth-order valence-electron chi connectivity index (χ4n) is 0.757. The molecular formula is C12H15O3Zr-. The van der Waals surface area contributed by atoms with Crippen molar-refractivity contribution in [3.63, 3.8) is 0 Å². The topological polar surface area (TPSA) is 43.4 Å². The molecule has 1 aromatic carbocycles. The third-order valence-electron chi connectivity index (χ3n) is 1.31. The Morgan fingerprint density at radius 2 is 1.75 bits per heavy atom. The van der Waals surface area contributed by atoms with Gasteiger partial charge in [-0.1, -0.05) is 0 Å². The van der Waals surface area contributed by atoms with Gasteiger partial charge in [0.15, 0.2) is 0 Å². The molecule has 86 valence electrons. The van der Waals surface area contributed by atoms with E-state index in [9.17, 15) is 9.59 Å². The molecule has 0 unspecified atom stereocenters. The molecule has 0 aliphatic rings. The summed E-state index contributed by atoms with van der Waals surface area (Å²) in [4.78, 5) is 20.6. The van der Waals surface area contributed by atoms with E-state index in [4.69, 9.17) is 0 Å². The van der Waals surface area contributed by atoms with Gasteiger partial charge in [-0.15, -0.1) is 0 Å². The van der Waals surface area contributed by atoms with Gasteiger partial charge in [-0.05, 0) is 13.8 Å². The minimum atomic E-state index is -0.440. The summed E-state index contributed by atoms with van der Waals surface area (Å²) in [5.41, 5.74) is 0. The molecule has 0 amide bonds. The monoisotopic (exact) mass is 297 g/mol. The Labute approximate surface area is 115 Å². The van der Waals surface area contributed by atoms with E-state index in [1.807, 2.05) is 30.3 Å². The van der Waals surface area contributed by atoms with Crippen LogP contribution in [-0.2, 0) is 40.5 Å². The molecule has 0 heterocycles. The molecule has 0 radical (unpaired) electrons. The van der Waals surface area contributed by atoms with Crippen LogP contribution < -0.4 is 0 Å². The number of benzene rings is 1. The average Bonchev–Trinajstić information content (AvgIpc) is 2.20. The summed E-state index contributed by atoms with van der Waals surface area (Å²) >= 11 is 0. The Kier molecular flexibility index (Phi) is 13.6. The number of ether oxygens (including phenoxy) is 1. The minimum absolute atomic E-state index is 0. The van der Waals surface area contributed by atoms with E-state index in [0.717, 1.165) is 0 Å². The van der Waals surface area contributed by atoms with Crippen molar-refractivity contribution in [2.45, 2.75) is 20.3 Å². The van der Waals surface area contributed by atoms with Crippen LogP contribution in [0.3, 0.4) is 0 Å². The number of carbonyl (C=O) groups is 2. The molecule has 0 spiro atoms. The Morgan fingerprint density at radius 3 is 2.00 bits per heavy atom. The van der Waals surface area contributed by atoms with Crippen molar-refractivity contribution in [3.8, 4) is 0 Å². The number of carbonyl (C=O) groups excluding carboxylic acids is 2. The van der Waals surface area contributed by atoms with Gasteiger partial charge in [0, 0.05) is 26.2 Å². The van der Waals surface area contributed by atoms with Gasteiger partial charge in [0.25, 0.3) is 0 Å². The smallest absolute Gasteiger partial charge is 0.313 e. The summed E-state index contributed by atoms with van der Waals surface area (Å²) in [6.07, 6.45) is -0.103. The van der Waals surface area contributed by atoms with Crippen molar-refractivity contribution in [2.24, 2.45) is 0 Å². The maximum Gasteiger partial charge on any atom is 0.313 e. The SMILES string of the molecule is CCOC(=O)CC(C)=O.[Zr].[c-]1ccccc1. The van der Waals surface area contributed by atoms with Gasteiger partial charge in [0.2, 0.25) is 0 Å². The van der Waals surface area contributed by atoms with Gasteiger partial charge in [0.05, 0.1) is 6.61 Å². The van der Waals surface area contributed by atoms with Gasteiger partial charge in [-0.3, -0.25) is 9.59 Å². The summed E-state index contributed by atoms with van der Waals surface area (Å²) in [6.45, 7) is 3.40. The van der Waals surface area contributed by atoms with Gasteiger partial charge in [0.1, 0.15) is 12.2 Å². The maximum atomic E-state index is 10.4. The van der Waals surface area contributed by atoms with E-state index < -0.39 is 5.97 Å². The van der Waals surface area contributed by atoms with E-state index in [1.54, 1.807) is 6.92 Å². The first-order chi connectivity index (χ1) is 7.16. The van der Waals surface area contributed by atoms with Crippen LogP contribution in [0.25, 0.3) is 0 Å². The Balaban J connectivity index is 0. The summed E-state index contributed by atoms with van der Waals surface area (Å²) < 4.78 is 4.49. The molecule has 0 atom stereocenters. The van der Waals surface area contributed by atoms with E-state index in [1.165, 1.54) is 6.92 Å². The fraction of sp³-hybridized carbons (Fsp3) is 0.333. The molecule has 0 fully saturated rings. The van der Waals surface area contributed by atoms with Crippen LogP contribution in [0.2, 0.25) is 0 Å². The van der Waals surface area contributed by atoms with Crippen LogP contribution >= 0.6 is 0 Å². The first-order valence-electron chi connectivity index (χ1n) is 4.73. The van der Waals surface area contributed by atoms with Crippen LogP contribution in [0.15, 0.2) is 30.3 Å². The fourth-order valence-corrected chi connectivity index (χ4v) is 0.757. The summed E-state index contributed by atoms with van der Waals surface area (Å²) in [5.74, 6) is -0.599. The number of hydrogen-bond acceptors (Lipinski definition) is 3. The zero-order valence-electron chi connectivity index (χ0n) is 9.53. The summed E-state index contributed by atoms with van der Waals surface area (Å²) in [6, 6.07) is 12.5. The second kappa shape index (κ2) is 12.3. The van der Waals surface area contributed by atoms with Gasteiger partial charge < -0.3 is 4.74 Å². The van der Waals surface area contributed by atoms with Gasteiger partial charge in [-0.25, -0.2) is 0 Å². The molecule has 0 bridgehead atoms. The maximum absolute atomic E-state index is 10.4. The van der Waals surface area contributed by atoms with Crippen molar-refractivity contribution < 1.29 is 40.5 Å². The van der Waals surface area contributed by atoms with E-state index in [0.29, 0.717) is 6.61 Å². The molecular weight excluding hydrogens is 283 g/mol. The zero-order chi connectivity index (χ0) is 11.5. The first-order valence-corrected chi connectivity index (χ1v) is 4.73. The number of hydrogen-bond donors (Lipinski definition) is 0. The third-order valence-corrected chi connectivity index (χ3v) is 1.31. The number of Topliss-reactive ketones (excluding diaryl/α,β-unsaturated/α-hetero) is 1. The van der Waals surface area contributed by atoms with Crippen LogP contribution in [0.4, 0.5) is 0 Å². The van der Waals surface area contributed by atoms with E-state index in [2.05, 4.69) is 10.8 Å². The van der Waals surface area contributed by atoms with Crippen molar-refractivity contribution in [1.82, 2.24) is 0 Å². The Bertz CT molecular complexity index is 259. The van der Waals surface area contributed by atoms with E-state index in [-0.39, 0.29) is 38.4 Å². The standard InChI is InChI=1S/C6H10O3.C6H5.Zr/c1-3-9-6(8)4-5(2)7;1-2-4-6-5-3-1;/h3-4H2,1-2H3;1-5H;/q;-1;. The van der Waals surface area contributed by atoms with E-state index >= 15 is 0 Å². The molecule has 3 nitrogen and oxygen atoms in total. The second-order valence-electron chi connectivity index (χ2n) is 2.76. The Hall–Kier alpha value is -0.757. The average molecular weight is 298 g/mol. The third kappa shape index (κ3) is 13.2. The first kappa shape index (κ1) is 17.6. The van der Waals surface area contributed by atoms with Crippen molar-refractivity contribution in [2.75, 3.05) is 6.61 Å². The molecule has 16 heavy (non-hydrogen) atoms. The van der Waals surface area contributed by atoms with Crippen molar-refractivity contribution in [3.05, 3.63) is 36.4 Å². The molecule has 0 aliphatic heterocycles. The quantitative estimate of drug-likeness (QED) is 0.487. The molecule has 1 aromatic rings. The molecule has 0 saturated heterocycles. The number of rotatable bonds is 3. The van der Waals surface area contributed by atoms with Crippen LogP contribution in [0.5, 0.6) is 0 Å². The summed E-state index contributed by atoms with van der Waals surface area (Å²) in [7, 11) is 0. The van der Waals surface area contributed by atoms with Crippen LogP contribution in [-0.4, -0.2) is 18.4 Å². The largest absolute Gasteiger partial charge is 0.466 e. The molecule has 0 aliphatic carbocycles. The molecule has 0 saturated carbocycles. The molecule has 1 rings (SSSR count). The van der Waals surface area contributed by atoms with Crippen molar-refractivity contribution >= 4 is 11.8 Å². The predicted molar refractivity (Wildman–Crippen MR) is 57.2 cm³/mol. The van der Waals surface area contributed by atoms with Crippen molar-refractivity contribution in [1.29, 1.82) is 0 Å². The van der Waals surface area contributed by atoms with Crippen LogP contribution in [0, 0.1) is 6.07 Å². The predicted octanol–water partition coefficient (Wildman–Crippen LogP) is 2.01. The normalized spacial score (nSPS) is 7.88. The zero-order valence-corrected chi connectivity index (χ0v) is 12.0. The second-order valence-corrected chi connectivity index (χ2v) is 2.76. The van der Waals surface area contributed by atoms with Gasteiger partial charge >= 0.3 is 5.97 Å². The molecule has 4 heteroatoms. The summed E-state index contributed by atoms with van der Waals surface area (Å²) in [5, 5.41) is 0. The Morgan fingerprint density at radius 1 is 1.19 bits per heavy atom. The van der Waals surface area contributed by atoms with Gasteiger partial charge in [-0.2, -0.15) is 36.4 Å². The van der Waals surface area contributed by atoms with Crippen LogP contribution in [0.1, 0.15) is 20.3 Å². The number of ketones is 1. The number of esters is 1. The minimum Gasteiger partial charge on any atom is -0.466 e. The molecule has 0 N–H and O–H groups in total. The molecule has 0 aromatic heterocycles.